The van der Waals surface area contributed by atoms with E-state index in [0.717, 1.165) is 19.3 Å². The van der Waals surface area contributed by atoms with Gasteiger partial charge in [0, 0.05) is 5.92 Å². The van der Waals surface area contributed by atoms with Crippen LogP contribution in [0.5, 0.6) is 0 Å². The molecule has 15 heavy (non-hydrogen) atoms. The number of carbonyl (C=O) groups excluding carboxylic acids is 1. The third-order valence-electron chi connectivity index (χ3n) is 3.54. The van der Waals surface area contributed by atoms with Crippen molar-refractivity contribution in [2.45, 2.75) is 32.2 Å². The average molecular weight is 203 g/mol. The van der Waals surface area contributed by atoms with Gasteiger partial charge in [0.2, 0.25) is 5.91 Å². The van der Waals surface area contributed by atoms with Gasteiger partial charge in [-0.1, -0.05) is 25.0 Å². The lowest BCUT2D eigenvalue weighted by Gasteiger charge is -2.19. The maximum atomic E-state index is 11.9. The van der Waals surface area contributed by atoms with Crippen molar-refractivity contribution >= 4 is 5.91 Å². The molecule has 0 aliphatic heterocycles. The third-order valence-corrected chi connectivity index (χ3v) is 3.54. The van der Waals surface area contributed by atoms with E-state index >= 15 is 0 Å². The lowest BCUT2D eigenvalue weighted by atomic mass is 9.92. The Kier molecular flexibility index (Phi) is 2.81. The molecule has 1 amide bonds. The molecular weight excluding hydrogens is 186 g/mol. The van der Waals surface area contributed by atoms with Crippen molar-refractivity contribution in [1.29, 1.82) is 0 Å². The number of amides is 1. The molecule has 0 aromatic carbocycles. The highest BCUT2D eigenvalue weighted by Gasteiger charge is 2.39. The van der Waals surface area contributed by atoms with Gasteiger partial charge in [-0.15, -0.1) is 6.42 Å². The van der Waals surface area contributed by atoms with Gasteiger partial charge in [-0.3, -0.25) is 4.79 Å². The van der Waals surface area contributed by atoms with E-state index in [-0.39, 0.29) is 17.9 Å². The van der Waals surface area contributed by atoms with Gasteiger partial charge in [0.1, 0.15) is 0 Å². The molecule has 1 N–H and O–H groups in total. The van der Waals surface area contributed by atoms with Crippen molar-refractivity contribution in [3.63, 3.8) is 0 Å². The second-order valence-corrected chi connectivity index (χ2v) is 4.52. The molecule has 1 saturated carbocycles. The van der Waals surface area contributed by atoms with Gasteiger partial charge in [-0.2, -0.15) is 0 Å². The van der Waals surface area contributed by atoms with Crippen molar-refractivity contribution in [3.8, 4) is 12.3 Å². The zero-order chi connectivity index (χ0) is 10.8. The predicted molar refractivity (Wildman–Crippen MR) is 59.9 cm³/mol. The lowest BCUT2D eigenvalue weighted by molar-refractivity contribution is -0.126. The summed E-state index contributed by atoms with van der Waals surface area (Å²) < 4.78 is 0. The summed E-state index contributed by atoms with van der Waals surface area (Å²) in [5.41, 5.74) is 0. The van der Waals surface area contributed by atoms with Crippen LogP contribution in [0.3, 0.4) is 0 Å². The number of fused-ring (bicyclic) bond motifs is 2. The summed E-state index contributed by atoms with van der Waals surface area (Å²) in [7, 11) is 0. The van der Waals surface area contributed by atoms with Crippen LogP contribution < -0.4 is 5.32 Å². The normalized spacial score (nSPS) is 33.7. The van der Waals surface area contributed by atoms with E-state index in [4.69, 9.17) is 6.42 Å². The number of nitrogens with one attached hydrogen (secondary N) is 1. The molecule has 4 atom stereocenters. The fourth-order valence-electron chi connectivity index (χ4n) is 2.62. The SMILES string of the molecule is C#CC(CC)NC(=O)C1CC2C=CC1C2. The van der Waals surface area contributed by atoms with E-state index in [2.05, 4.69) is 23.4 Å². The van der Waals surface area contributed by atoms with Crippen molar-refractivity contribution in [2.24, 2.45) is 17.8 Å². The Labute approximate surface area is 91.1 Å². The summed E-state index contributed by atoms with van der Waals surface area (Å²) in [6, 6.07) is -0.0967. The molecule has 80 valence electrons. The van der Waals surface area contributed by atoms with Crippen LogP contribution in [0.4, 0.5) is 0 Å². The van der Waals surface area contributed by atoms with Crippen molar-refractivity contribution < 1.29 is 4.79 Å². The molecule has 2 bridgehead atoms. The lowest BCUT2D eigenvalue weighted by Crippen LogP contribution is -2.39. The zero-order valence-electron chi connectivity index (χ0n) is 9.07. The average Bonchev–Trinajstić information content (AvgIpc) is 2.87. The first-order chi connectivity index (χ1) is 7.24. The highest BCUT2D eigenvalue weighted by Crippen LogP contribution is 2.43. The second kappa shape index (κ2) is 4.10. The van der Waals surface area contributed by atoms with Crippen LogP contribution in [0.1, 0.15) is 26.2 Å². The molecule has 2 aliphatic rings. The molecular formula is C13H17NO. The van der Waals surface area contributed by atoms with Gasteiger partial charge in [0.15, 0.2) is 0 Å². The fourth-order valence-corrected chi connectivity index (χ4v) is 2.62. The van der Waals surface area contributed by atoms with Crippen molar-refractivity contribution in [3.05, 3.63) is 12.2 Å². The van der Waals surface area contributed by atoms with E-state index in [1.807, 2.05) is 6.92 Å². The van der Waals surface area contributed by atoms with E-state index in [1.54, 1.807) is 0 Å². The fraction of sp³-hybridized carbons (Fsp3) is 0.615. The standard InChI is InChI=1S/C13H17NO/c1-3-11(4-2)14-13(15)12-8-9-5-6-10(12)7-9/h1,5-6,9-12H,4,7-8H2,2H3,(H,14,15). The maximum absolute atomic E-state index is 11.9. The van der Waals surface area contributed by atoms with Crippen LogP contribution in [0.25, 0.3) is 0 Å². The smallest absolute Gasteiger partial charge is 0.224 e. The Bertz CT molecular complexity index is 326. The minimum Gasteiger partial charge on any atom is -0.342 e. The molecule has 0 heterocycles. The molecule has 2 aliphatic carbocycles. The Hall–Kier alpha value is -1.23. The van der Waals surface area contributed by atoms with Gasteiger partial charge >= 0.3 is 0 Å². The van der Waals surface area contributed by atoms with Crippen LogP contribution in [-0.4, -0.2) is 11.9 Å². The first-order valence-corrected chi connectivity index (χ1v) is 5.69. The van der Waals surface area contributed by atoms with Crippen molar-refractivity contribution in [2.75, 3.05) is 0 Å². The van der Waals surface area contributed by atoms with Gasteiger partial charge < -0.3 is 5.32 Å². The highest BCUT2D eigenvalue weighted by atomic mass is 16.2. The van der Waals surface area contributed by atoms with Gasteiger partial charge in [0.25, 0.3) is 0 Å². The maximum Gasteiger partial charge on any atom is 0.224 e. The Balaban J connectivity index is 1.93. The largest absolute Gasteiger partial charge is 0.342 e. The number of rotatable bonds is 3. The van der Waals surface area contributed by atoms with Gasteiger partial charge in [-0.25, -0.2) is 0 Å². The van der Waals surface area contributed by atoms with Gasteiger partial charge in [-0.05, 0) is 31.1 Å². The van der Waals surface area contributed by atoms with Crippen LogP contribution >= 0.6 is 0 Å². The Morgan fingerprint density at radius 1 is 1.60 bits per heavy atom. The minimum atomic E-state index is -0.0967. The molecule has 0 saturated heterocycles. The van der Waals surface area contributed by atoms with Gasteiger partial charge in [0.05, 0.1) is 6.04 Å². The highest BCUT2D eigenvalue weighted by molar-refractivity contribution is 5.80. The summed E-state index contributed by atoms with van der Waals surface area (Å²) in [4.78, 5) is 11.9. The molecule has 2 rings (SSSR count). The molecule has 0 aromatic heterocycles. The molecule has 0 radical (unpaired) electrons. The van der Waals surface area contributed by atoms with E-state index in [9.17, 15) is 4.79 Å². The molecule has 4 unspecified atom stereocenters. The molecule has 0 spiro atoms. The third kappa shape index (κ3) is 1.92. The van der Waals surface area contributed by atoms with E-state index in [0.29, 0.717) is 11.8 Å². The summed E-state index contributed by atoms with van der Waals surface area (Å²) in [5.74, 6) is 4.02. The number of carbonyl (C=O) groups is 1. The van der Waals surface area contributed by atoms with Crippen LogP contribution in [-0.2, 0) is 4.79 Å². The molecule has 1 fully saturated rings. The summed E-state index contributed by atoms with van der Waals surface area (Å²) in [5, 5.41) is 2.93. The quantitative estimate of drug-likeness (QED) is 0.549. The first kappa shape index (κ1) is 10.3. The number of hydrogen-bond donors (Lipinski definition) is 1. The predicted octanol–water partition coefficient (Wildman–Crippen LogP) is 1.73. The molecule has 2 heteroatoms. The molecule has 0 aromatic rings. The Morgan fingerprint density at radius 2 is 2.40 bits per heavy atom. The van der Waals surface area contributed by atoms with E-state index < -0.39 is 0 Å². The minimum absolute atomic E-state index is 0.0967. The number of allylic oxidation sites excluding steroid dienone is 2. The van der Waals surface area contributed by atoms with E-state index in [1.165, 1.54) is 0 Å². The summed E-state index contributed by atoms with van der Waals surface area (Å²) in [6.45, 7) is 1.99. The zero-order valence-corrected chi connectivity index (χ0v) is 9.07. The number of hydrogen-bond acceptors (Lipinski definition) is 1. The number of terminal acetylenes is 1. The second-order valence-electron chi connectivity index (χ2n) is 4.52. The first-order valence-electron chi connectivity index (χ1n) is 5.69. The monoisotopic (exact) mass is 203 g/mol. The van der Waals surface area contributed by atoms with Crippen LogP contribution in [0.2, 0.25) is 0 Å². The molecule has 2 nitrogen and oxygen atoms in total. The summed E-state index contributed by atoms with van der Waals surface area (Å²) >= 11 is 0. The van der Waals surface area contributed by atoms with Crippen molar-refractivity contribution in [1.82, 2.24) is 5.32 Å². The van der Waals surface area contributed by atoms with Crippen LogP contribution in [0, 0.1) is 30.1 Å². The summed E-state index contributed by atoms with van der Waals surface area (Å²) in [6.07, 6.45) is 12.7. The topological polar surface area (TPSA) is 29.1 Å². The Morgan fingerprint density at radius 3 is 2.87 bits per heavy atom. The van der Waals surface area contributed by atoms with Crippen LogP contribution in [0.15, 0.2) is 12.2 Å².